The molecular weight excluding hydrogens is 471 g/mol. The van der Waals surface area contributed by atoms with E-state index in [1.165, 1.54) is 10.7 Å². The molecule has 4 aromatic rings. The molecule has 2 aromatic carbocycles. The van der Waals surface area contributed by atoms with Crippen LogP contribution in [-0.4, -0.2) is 44.0 Å². The molecule has 0 bridgehead atoms. The van der Waals surface area contributed by atoms with E-state index in [0.717, 1.165) is 17.7 Å². The molecule has 0 unspecified atom stereocenters. The standard InChI is InChI=1S/C21H17BClF2N5O2S/c22-15-12-27-30-20(11-18(29-21(15)30)14-4-1-2-5-16(14)23)26-8-3-9-28-33(31,32)19-10-13(24)6-7-17(19)25/h1-2,4-7,10-12,26,28H,3,8-9H2. The van der Waals surface area contributed by atoms with Crippen LogP contribution >= 0.6 is 11.6 Å². The van der Waals surface area contributed by atoms with E-state index in [1.807, 2.05) is 18.2 Å². The summed E-state index contributed by atoms with van der Waals surface area (Å²) >= 11 is 6.31. The average molecular weight is 488 g/mol. The summed E-state index contributed by atoms with van der Waals surface area (Å²) in [6.45, 7) is 0.340. The molecule has 0 fully saturated rings. The Morgan fingerprint density at radius 3 is 2.67 bits per heavy atom. The van der Waals surface area contributed by atoms with Crippen molar-refractivity contribution in [2.45, 2.75) is 11.3 Å². The maximum Gasteiger partial charge on any atom is 0.243 e. The lowest BCUT2D eigenvalue weighted by Crippen LogP contribution is -2.27. The van der Waals surface area contributed by atoms with Crippen molar-refractivity contribution in [3.63, 3.8) is 0 Å². The predicted molar refractivity (Wildman–Crippen MR) is 123 cm³/mol. The summed E-state index contributed by atoms with van der Waals surface area (Å²) in [7, 11) is 1.80. The van der Waals surface area contributed by atoms with E-state index in [9.17, 15) is 17.2 Å². The molecule has 0 aliphatic rings. The van der Waals surface area contributed by atoms with Gasteiger partial charge in [0.05, 0.1) is 5.69 Å². The molecule has 2 aromatic heterocycles. The van der Waals surface area contributed by atoms with Gasteiger partial charge in [-0.3, -0.25) is 0 Å². The number of hydrogen-bond donors (Lipinski definition) is 2. The normalized spacial score (nSPS) is 11.7. The lowest BCUT2D eigenvalue weighted by molar-refractivity contribution is 0.545. The Hall–Kier alpha value is -3.02. The van der Waals surface area contributed by atoms with E-state index in [-0.39, 0.29) is 6.54 Å². The highest BCUT2D eigenvalue weighted by Gasteiger charge is 2.19. The van der Waals surface area contributed by atoms with Crippen LogP contribution in [0.1, 0.15) is 6.42 Å². The maximum atomic E-state index is 13.8. The van der Waals surface area contributed by atoms with Gasteiger partial charge in [-0.25, -0.2) is 26.9 Å². The average Bonchev–Trinajstić information content (AvgIpc) is 3.16. The minimum Gasteiger partial charge on any atom is -0.370 e. The van der Waals surface area contributed by atoms with Gasteiger partial charge in [0.2, 0.25) is 10.0 Å². The van der Waals surface area contributed by atoms with E-state index in [1.54, 1.807) is 12.1 Å². The van der Waals surface area contributed by atoms with Crippen molar-refractivity contribution in [1.82, 2.24) is 19.3 Å². The first-order chi connectivity index (χ1) is 15.8. The van der Waals surface area contributed by atoms with Gasteiger partial charge in [-0.2, -0.15) is 9.61 Å². The SMILES string of the molecule is [B]c1cnn2c(NCCCNS(=O)(=O)c3cc(F)ccc3F)cc(-c3ccccc3Cl)nc12. The molecule has 2 radical (unpaired) electrons. The number of nitrogens with one attached hydrogen (secondary N) is 2. The molecule has 0 aliphatic carbocycles. The van der Waals surface area contributed by atoms with Crippen LogP contribution in [0.3, 0.4) is 0 Å². The monoisotopic (exact) mass is 487 g/mol. The van der Waals surface area contributed by atoms with E-state index in [2.05, 4.69) is 20.1 Å². The van der Waals surface area contributed by atoms with E-state index in [0.29, 0.717) is 46.7 Å². The third-order valence-corrected chi connectivity index (χ3v) is 6.59. The lowest BCUT2D eigenvalue weighted by Gasteiger charge is -2.12. The van der Waals surface area contributed by atoms with Crippen molar-refractivity contribution < 1.29 is 17.2 Å². The number of benzene rings is 2. The van der Waals surface area contributed by atoms with Crippen LogP contribution in [0, 0.1) is 11.6 Å². The second-order valence-corrected chi connectivity index (χ2v) is 9.24. The molecule has 168 valence electrons. The van der Waals surface area contributed by atoms with Crippen molar-refractivity contribution in [2.75, 3.05) is 18.4 Å². The minimum absolute atomic E-state index is 0.00186. The van der Waals surface area contributed by atoms with E-state index >= 15 is 0 Å². The minimum atomic E-state index is -4.19. The lowest BCUT2D eigenvalue weighted by atomic mass is 10.0. The summed E-state index contributed by atoms with van der Waals surface area (Å²) in [5, 5.41) is 7.91. The molecule has 33 heavy (non-hydrogen) atoms. The van der Waals surface area contributed by atoms with Gasteiger partial charge in [0.25, 0.3) is 0 Å². The van der Waals surface area contributed by atoms with Crippen molar-refractivity contribution in [3.05, 3.63) is 71.4 Å². The Balaban J connectivity index is 1.46. The molecule has 0 saturated carbocycles. The zero-order valence-electron chi connectivity index (χ0n) is 17.1. The summed E-state index contributed by atoms with van der Waals surface area (Å²) < 4.78 is 55.4. The number of nitrogens with zero attached hydrogens (tertiary/aromatic N) is 3. The number of sulfonamides is 1. The fraction of sp³-hybridized carbons (Fsp3) is 0.143. The first-order valence-corrected chi connectivity index (χ1v) is 11.7. The third kappa shape index (κ3) is 5.00. The smallest absolute Gasteiger partial charge is 0.243 e. The van der Waals surface area contributed by atoms with Crippen LogP contribution in [0.15, 0.2) is 59.6 Å². The van der Waals surface area contributed by atoms with Crippen molar-refractivity contribution in [2.24, 2.45) is 0 Å². The summed E-state index contributed by atoms with van der Waals surface area (Å²) in [4.78, 5) is 3.81. The van der Waals surface area contributed by atoms with Gasteiger partial charge in [-0.1, -0.05) is 29.8 Å². The molecular formula is C21H17BClF2N5O2S. The molecule has 2 N–H and O–H groups in total. The molecule has 7 nitrogen and oxygen atoms in total. The molecule has 0 saturated heterocycles. The number of fused-ring (bicyclic) bond motifs is 1. The van der Waals surface area contributed by atoms with Gasteiger partial charge in [0.1, 0.15) is 30.2 Å². The topological polar surface area (TPSA) is 88.4 Å². The van der Waals surface area contributed by atoms with Crippen LogP contribution < -0.4 is 15.5 Å². The Morgan fingerprint density at radius 2 is 1.88 bits per heavy atom. The highest BCUT2D eigenvalue weighted by molar-refractivity contribution is 7.89. The Bertz CT molecular complexity index is 1430. The van der Waals surface area contributed by atoms with Crippen LogP contribution in [0.5, 0.6) is 0 Å². The molecule has 12 heteroatoms. The van der Waals surface area contributed by atoms with Gasteiger partial charge in [-0.05, 0) is 36.1 Å². The number of rotatable bonds is 8. The van der Waals surface area contributed by atoms with Gasteiger partial charge < -0.3 is 5.32 Å². The van der Waals surface area contributed by atoms with Crippen molar-refractivity contribution in [1.29, 1.82) is 0 Å². The van der Waals surface area contributed by atoms with Gasteiger partial charge in [-0.15, -0.1) is 0 Å². The summed E-state index contributed by atoms with van der Waals surface area (Å²) in [6, 6.07) is 11.3. The van der Waals surface area contributed by atoms with Crippen molar-refractivity contribution >= 4 is 46.4 Å². The Morgan fingerprint density at radius 1 is 1.09 bits per heavy atom. The molecule has 0 amide bonds. The van der Waals surface area contributed by atoms with Crippen molar-refractivity contribution in [3.8, 4) is 11.3 Å². The van der Waals surface area contributed by atoms with Gasteiger partial charge >= 0.3 is 0 Å². The fourth-order valence-electron chi connectivity index (χ4n) is 3.18. The first-order valence-electron chi connectivity index (χ1n) is 9.84. The van der Waals surface area contributed by atoms with Gasteiger partial charge in [0, 0.05) is 35.9 Å². The highest BCUT2D eigenvalue weighted by Crippen LogP contribution is 2.28. The molecule has 0 spiro atoms. The number of hydrogen-bond acceptors (Lipinski definition) is 5. The Labute approximate surface area is 195 Å². The molecule has 2 heterocycles. The molecule has 4 rings (SSSR count). The van der Waals surface area contributed by atoms with Crippen LogP contribution in [0.2, 0.25) is 5.02 Å². The quantitative estimate of drug-likeness (QED) is 0.295. The van der Waals surface area contributed by atoms with Gasteiger partial charge in [0.15, 0.2) is 5.65 Å². The molecule has 0 atom stereocenters. The highest BCUT2D eigenvalue weighted by atomic mass is 35.5. The summed E-state index contributed by atoms with van der Waals surface area (Å²) in [5.74, 6) is -1.29. The number of halogens is 3. The van der Waals surface area contributed by atoms with Crippen LogP contribution in [-0.2, 0) is 10.0 Å². The van der Waals surface area contributed by atoms with Crippen LogP contribution in [0.25, 0.3) is 16.9 Å². The fourth-order valence-corrected chi connectivity index (χ4v) is 4.58. The Kier molecular flexibility index (Phi) is 6.64. The predicted octanol–water partition coefficient (Wildman–Crippen LogP) is 2.90. The third-order valence-electron chi connectivity index (χ3n) is 4.78. The summed E-state index contributed by atoms with van der Waals surface area (Å²) in [5.41, 5.74) is 2.13. The first kappa shape index (κ1) is 23.2. The van der Waals surface area contributed by atoms with E-state index in [4.69, 9.17) is 19.4 Å². The second-order valence-electron chi connectivity index (χ2n) is 7.09. The second kappa shape index (κ2) is 9.46. The number of anilines is 1. The zero-order chi connectivity index (χ0) is 23.6. The maximum absolute atomic E-state index is 13.8. The zero-order valence-corrected chi connectivity index (χ0v) is 18.7. The summed E-state index contributed by atoms with van der Waals surface area (Å²) in [6.07, 6.45) is 1.82. The van der Waals surface area contributed by atoms with E-state index < -0.39 is 26.6 Å². The van der Waals surface area contributed by atoms with Crippen LogP contribution in [0.4, 0.5) is 14.6 Å². The number of aromatic nitrogens is 3. The largest absolute Gasteiger partial charge is 0.370 e. The molecule has 0 aliphatic heterocycles.